The highest BCUT2D eigenvalue weighted by molar-refractivity contribution is 5.91. The predicted octanol–water partition coefficient (Wildman–Crippen LogP) is 0.932. The number of aromatic nitrogens is 3. The van der Waals surface area contributed by atoms with Crippen molar-refractivity contribution in [2.24, 2.45) is 0 Å². The Morgan fingerprint density at radius 1 is 1.43 bits per heavy atom. The summed E-state index contributed by atoms with van der Waals surface area (Å²) in [7, 11) is 1.57. The molecule has 8 heteroatoms. The summed E-state index contributed by atoms with van der Waals surface area (Å²) in [6, 6.07) is 5.25. The number of aromatic carboxylic acids is 1. The number of methoxy groups -OCH3 is 1. The van der Waals surface area contributed by atoms with Crippen LogP contribution in [0.1, 0.15) is 16.1 Å². The maximum absolute atomic E-state index is 11.8. The van der Waals surface area contributed by atoms with Crippen molar-refractivity contribution in [1.29, 1.82) is 0 Å². The van der Waals surface area contributed by atoms with E-state index in [9.17, 15) is 9.59 Å². The molecule has 0 radical (unpaired) electrons. The van der Waals surface area contributed by atoms with Crippen molar-refractivity contribution in [3.05, 3.63) is 35.7 Å². The summed E-state index contributed by atoms with van der Waals surface area (Å²) in [6.07, 6.45) is 1.20. The fraction of sp³-hybridized carbons (Fsp3) is 0.231. The second-order valence-corrected chi connectivity index (χ2v) is 4.34. The maximum atomic E-state index is 11.8. The first-order chi connectivity index (χ1) is 9.99. The normalized spacial score (nSPS) is 10.2. The number of amides is 1. The van der Waals surface area contributed by atoms with Crippen molar-refractivity contribution >= 4 is 17.6 Å². The van der Waals surface area contributed by atoms with E-state index < -0.39 is 5.97 Å². The van der Waals surface area contributed by atoms with E-state index in [0.29, 0.717) is 5.69 Å². The number of anilines is 1. The first kappa shape index (κ1) is 14.5. The zero-order chi connectivity index (χ0) is 15.4. The Morgan fingerprint density at radius 3 is 2.76 bits per heavy atom. The zero-order valence-electron chi connectivity index (χ0n) is 11.5. The average Bonchev–Trinajstić information content (AvgIpc) is 2.87. The highest BCUT2D eigenvalue weighted by Gasteiger charge is 2.11. The maximum Gasteiger partial charge on any atom is 0.358 e. The summed E-state index contributed by atoms with van der Waals surface area (Å²) in [4.78, 5) is 22.5. The van der Waals surface area contributed by atoms with Crippen LogP contribution in [0.4, 0.5) is 5.69 Å². The molecule has 110 valence electrons. The minimum atomic E-state index is -1.19. The van der Waals surface area contributed by atoms with Crippen molar-refractivity contribution < 1.29 is 19.4 Å². The van der Waals surface area contributed by atoms with Gasteiger partial charge in [0.2, 0.25) is 5.91 Å². The third-order valence-electron chi connectivity index (χ3n) is 2.74. The van der Waals surface area contributed by atoms with Crippen molar-refractivity contribution in [2.45, 2.75) is 13.5 Å². The largest absolute Gasteiger partial charge is 0.496 e. The van der Waals surface area contributed by atoms with E-state index in [4.69, 9.17) is 9.84 Å². The lowest BCUT2D eigenvalue weighted by molar-refractivity contribution is -0.116. The molecule has 0 atom stereocenters. The Bertz CT molecular complexity index is 681. The number of nitrogens with zero attached hydrogens (tertiary/aromatic N) is 3. The van der Waals surface area contributed by atoms with Crippen LogP contribution in [0.25, 0.3) is 0 Å². The lowest BCUT2D eigenvalue weighted by Gasteiger charge is -2.08. The smallest absolute Gasteiger partial charge is 0.358 e. The third-order valence-corrected chi connectivity index (χ3v) is 2.74. The van der Waals surface area contributed by atoms with E-state index in [1.54, 1.807) is 25.3 Å². The van der Waals surface area contributed by atoms with Gasteiger partial charge >= 0.3 is 5.97 Å². The number of hydrogen-bond donors (Lipinski definition) is 2. The fourth-order valence-electron chi connectivity index (χ4n) is 1.78. The second-order valence-electron chi connectivity index (χ2n) is 4.34. The summed E-state index contributed by atoms with van der Waals surface area (Å²) in [5.74, 6) is -0.788. The monoisotopic (exact) mass is 290 g/mol. The number of carbonyl (C=O) groups excluding carboxylic acids is 1. The molecular formula is C13H14N4O4. The van der Waals surface area contributed by atoms with Gasteiger partial charge in [0.1, 0.15) is 12.3 Å². The van der Waals surface area contributed by atoms with Crippen LogP contribution in [-0.2, 0) is 11.3 Å². The minimum Gasteiger partial charge on any atom is -0.496 e. The van der Waals surface area contributed by atoms with Crippen molar-refractivity contribution in [1.82, 2.24) is 15.0 Å². The molecule has 0 saturated heterocycles. The van der Waals surface area contributed by atoms with Gasteiger partial charge in [-0.3, -0.25) is 4.79 Å². The van der Waals surface area contributed by atoms with Gasteiger partial charge in [-0.1, -0.05) is 5.21 Å². The van der Waals surface area contributed by atoms with Gasteiger partial charge in [0.25, 0.3) is 0 Å². The quantitative estimate of drug-likeness (QED) is 0.848. The molecule has 8 nitrogen and oxygen atoms in total. The summed E-state index contributed by atoms with van der Waals surface area (Å²) < 4.78 is 6.30. The van der Waals surface area contributed by atoms with Crippen LogP contribution in [0.5, 0.6) is 5.75 Å². The standard InChI is InChI=1S/C13H14N4O4/c1-8-5-9(3-4-11(8)21-2)14-12(18)7-17-6-10(13(19)20)15-16-17/h3-6H,7H2,1-2H3,(H,14,18)(H,19,20). The molecule has 2 N–H and O–H groups in total. The summed E-state index contributed by atoms with van der Waals surface area (Å²) in [5.41, 5.74) is 1.31. The Labute approximate surface area is 120 Å². The number of hydrogen-bond acceptors (Lipinski definition) is 5. The number of rotatable bonds is 5. The Balaban J connectivity index is 2.01. The van der Waals surface area contributed by atoms with Gasteiger partial charge in [-0.25, -0.2) is 9.48 Å². The van der Waals surface area contributed by atoms with Gasteiger partial charge in [0, 0.05) is 5.69 Å². The van der Waals surface area contributed by atoms with Gasteiger partial charge in [0.15, 0.2) is 5.69 Å². The SMILES string of the molecule is COc1ccc(NC(=O)Cn2cc(C(=O)O)nn2)cc1C. The molecule has 2 aromatic rings. The Kier molecular flexibility index (Phi) is 4.17. The number of aryl methyl sites for hydroxylation is 1. The molecule has 1 amide bonds. The highest BCUT2D eigenvalue weighted by atomic mass is 16.5. The molecule has 1 heterocycles. The van der Waals surface area contributed by atoms with Gasteiger partial charge in [0.05, 0.1) is 13.3 Å². The van der Waals surface area contributed by atoms with Gasteiger partial charge < -0.3 is 15.2 Å². The number of ether oxygens (including phenoxy) is 1. The summed E-state index contributed by atoms with van der Waals surface area (Å²) in [5, 5.41) is 18.4. The number of carbonyl (C=O) groups is 2. The molecule has 0 aliphatic heterocycles. The Morgan fingerprint density at radius 2 is 2.19 bits per heavy atom. The van der Waals surface area contributed by atoms with E-state index in [1.165, 1.54) is 6.20 Å². The van der Waals surface area contributed by atoms with Crippen LogP contribution < -0.4 is 10.1 Å². The lowest BCUT2D eigenvalue weighted by Crippen LogP contribution is -2.19. The van der Waals surface area contributed by atoms with Crippen LogP contribution in [0.2, 0.25) is 0 Å². The number of carboxylic acid groups (broad SMARTS) is 1. The number of benzene rings is 1. The van der Waals surface area contributed by atoms with Gasteiger partial charge in [-0.05, 0) is 30.7 Å². The van der Waals surface area contributed by atoms with Crippen molar-refractivity contribution in [2.75, 3.05) is 12.4 Å². The molecule has 0 bridgehead atoms. The zero-order valence-corrected chi connectivity index (χ0v) is 11.5. The molecule has 0 aliphatic carbocycles. The lowest BCUT2D eigenvalue weighted by atomic mass is 10.2. The average molecular weight is 290 g/mol. The molecule has 0 saturated carbocycles. The fourth-order valence-corrected chi connectivity index (χ4v) is 1.78. The van der Waals surface area contributed by atoms with E-state index >= 15 is 0 Å². The topological polar surface area (TPSA) is 106 Å². The number of carboxylic acids is 1. The molecule has 1 aromatic heterocycles. The first-order valence-corrected chi connectivity index (χ1v) is 6.07. The second kappa shape index (κ2) is 6.04. The molecule has 0 spiro atoms. The summed E-state index contributed by atoms with van der Waals surface area (Å²) in [6.45, 7) is 1.75. The van der Waals surface area contributed by atoms with Gasteiger partial charge in [-0.2, -0.15) is 0 Å². The predicted molar refractivity (Wildman–Crippen MR) is 73.3 cm³/mol. The van der Waals surface area contributed by atoms with Crippen LogP contribution >= 0.6 is 0 Å². The number of nitrogens with one attached hydrogen (secondary N) is 1. The van der Waals surface area contributed by atoms with Crippen LogP contribution in [0, 0.1) is 6.92 Å². The van der Waals surface area contributed by atoms with Crippen LogP contribution in [0.3, 0.4) is 0 Å². The minimum absolute atomic E-state index is 0.120. The van der Waals surface area contributed by atoms with Crippen LogP contribution in [0.15, 0.2) is 24.4 Å². The van der Waals surface area contributed by atoms with E-state index in [0.717, 1.165) is 16.0 Å². The molecule has 2 rings (SSSR count). The molecule has 0 fully saturated rings. The molecule has 1 aromatic carbocycles. The van der Waals surface area contributed by atoms with Crippen molar-refractivity contribution in [3.8, 4) is 5.75 Å². The molecule has 0 unspecified atom stereocenters. The first-order valence-electron chi connectivity index (χ1n) is 6.07. The van der Waals surface area contributed by atoms with Gasteiger partial charge in [-0.15, -0.1) is 5.10 Å². The Hall–Kier alpha value is -2.90. The molecule has 0 aliphatic rings. The van der Waals surface area contributed by atoms with Crippen LogP contribution in [-0.4, -0.2) is 39.1 Å². The third kappa shape index (κ3) is 3.56. The molecule has 21 heavy (non-hydrogen) atoms. The van der Waals surface area contributed by atoms with Crippen molar-refractivity contribution in [3.63, 3.8) is 0 Å². The molecular weight excluding hydrogens is 276 g/mol. The van der Waals surface area contributed by atoms with E-state index in [-0.39, 0.29) is 18.1 Å². The van der Waals surface area contributed by atoms with E-state index in [1.807, 2.05) is 6.92 Å². The van der Waals surface area contributed by atoms with E-state index in [2.05, 4.69) is 15.6 Å². The summed E-state index contributed by atoms with van der Waals surface area (Å²) >= 11 is 0. The highest BCUT2D eigenvalue weighted by Crippen LogP contribution is 2.21.